The van der Waals surface area contributed by atoms with Crippen molar-refractivity contribution in [3.63, 3.8) is 0 Å². The van der Waals surface area contributed by atoms with Crippen LogP contribution in [0.1, 0.15) is 13.8 Å². The third-order valence-electron chi connectivity index (χ3n) is 2.74. The van der Waals surface area contributed by atoms with Gasteiger partial charge < -0.3 is 14.4 Å². The molecule has 0 aliphatic carbocycles. The van der Waals surface area contributed by atoms with Gasteiger partial charge in [-0.25, -0.2) is 0 Å². The van der Waals surface area contributed by atoms with Gasteiger partial charge in [-0.05, 0) is 6.92 Å². The van der Waals surface area contributed by atoms with Gasteiger partial charge in [-0.2, -0.15) is 0 Å². The zero-order chi connectivity index (χ0) is 10.9. The Morgan fingerprint density at radius 3 is 2.43 bits per heavy atom. The lowest BCUT2D eigenvalue weighted by Gasteiger charge is -2.23. The Morgan fingerprint density at radius 1 is 1.43 bits per heavy atom. The Hall–Kier alpha value is 0.110. The predicted octanol–water partition coefficient (Wildman–Crippen LogP) is 0.898. The van der Waals surface area contributed by atoms with Gasteiger partial charge in [0.25, 0.3) is 0 Å². The van der Waals surface area contributed by atoms with E-state index in [0.717, 1.165) is 0 Å². The molecular weight excluding hydrogens is 201 g/mol. The highest BCUT2D eigenvalue weighted by atomic mass is 31.2. The molecule has 4 nitrogen and oxygen atoms in total. The van der Waals surface area contributed by atoms with Crippen LogP contribution in [0.25, 0.3) is 0 Å². The minimum absolute atomic E-state index is 0.00386. The molecule has 1 rings (SSSR count). The van der Waals surface area contributed by atoms with E-state index in [1.54, 1.807) is 13.3 Å². The fraction of sp³-hybridized carbons (Fsp3) is 1.00. The van der Waals surface area contributed by atoms with Crippen LogP contribution in [0.4, 0.5) is 0 Å². The number of aliphatic hydroxyl groups is 1. The van der Waals surface area contributed by atoms with Crippen LogP contribution < -0.4 is 5.09 Å². The molecule has 1 aliphatic rings. The molecule has 0 saturated carbocycles. The lowest BCUT2D eigenvalue weighted by atomic mass is 9.98. The molecule has 2 N–H and O–H groups in total. The van der Waals surface area contributed by atoms with Crippen molar-refractivity contribution in [2.75, 3.05) is 19.9 Å². The second-order valence-corrected chi connectivity index (χ2v) is 7.39. The molecule has 0 radical (unpaired) electrons. The molecule has 84 valence electrons. The summed E-state index contributed by atoms with van der Waals surface area (Å²) >= 11 is 0. The molecule has 0 aromatic heterocycles. The molecule has 1 saturated heterocycles. The molecule has 14 heavy (non-hydrogen) atoms. The lowest BCUT2D eigenvalue weighted by molar-refractivity contribution is 0.0108. The largest absolute Gasteiger partial charge is 0.394 e. The first-order valence-electron chi connectivity index (χ1n) is 4.94. The second kappa shape index (κ2) is 4.31. The van der Waals surface area contributed by atoms with Crippen molar-refractivity contribution in [2.45, 2.75) is 32.1 Å². The van der Waals surface area contributed by atoms with E-state index in [1.165, 1.54) is 0 Å². The van der Waals surface area contributed by atoms with Gasteiger partial charge in [-0.3, -0.25) is 5.09 Å². The molecule has 0 aromatic carbocycles. The fourth-order valence-corrected chi connectivity index (χ4v) is 2.95. The van der Waals surface area contributed by atoms with E-state index in [2.05, 4.69) is 5.09 Å². The zero-order valence-electron chi connectivity index (χ0n) is 9.23. The molecule has 0 bridgehead atoms. The van der Waals surface area contributed by atoms with Crippen LogP contribution in [0.5, 0.6) is 0 Å². The smallest absolute Gasteiger partial charge is 0.142 e. The molecule has 4 atom stereocenters. The van der Waals surface area contributed by atoms with Crippen LogP contribution >= 0.6 is 7.29 Å². The van der Waals surface area contributed by atoms with Gasteiger partial charge in [-0.15, -0.1) is 0 Å². The maximum atomic E-state index is 11.6. The Balaban J connectivity index is 2.69. The fourth-order valence-electron chi connectivity index (χ4n) is 1.83. The summed E-state index contributed by atoms with van der Waals surface area (Å²) in [6, 6.07) is -0.00386. The Bertz CT molecular complexity index is 240. The third kappa shape index (κ3) is 2.80. The summed E-state index contributed by atoms with van der Waals surface area (Å²) in [4.78, 5) is 0. The highest BCUT2D eigenvalue weighted by Gasteiger charge is 2.40. The quantitative estimate of drug-likeness (QED) is 0.695. The molecule has 1 unspecified atom stereocenters. The predicted molar refractivity (Wildman–Crippen MR) is 57.0 cm³/mol. The van der Waals surface area contributed by atoms with Crippen molar-refractivity contribution in [2.24, 2.45) is 5.92 Å². The number of hydrogen-bond donors (Lipinski definition) is 2. The minimum atomic E-state index is -2.27. The zero-order valence-corrected chi connectivity index (χ0v) is 10.1. The lowest BCUT2D eigenvalue weighted by Crippen LogP contribution is -2.40. The Labute approximate surface area is 85.5 Å². The second-order valence-electron chi connectivity index (χ2n) is 4.43. The molecule has 0 aromatic rings. The average molecular weight is 221 g/mol. The molecular formula is C9H20NO3P. The van der Waals surface area contributed by atoms with E-state index >= 15 is 0 Å². The number of aliphatic hydroxyl groups excluding tert-OH is 1. The maximum absolute atomic E-state index is 11.6. The van der Waals surface area contributed by atoms with E-state index in [9.17, 15) is 4.57 Å². The van der Waals surface area contributed by atoms with Gasteiger partial charge in [0.1, 0.15) is 7.29 Å². The molecule has 0 amide bonds. The molecule has 1 heterocycles. The van der Waals surface area contributed by atoms with Crippen LogP contribution in [0.3, 0.4) is 0 Å². The monoisotopic (exact) mass is 221 g/mol. The van der Waals surface area contributed by atoms with E-state index in [0.29, 0.717) is 0 Å². The first-order chi connectivity index (χ1) is 6.35. The first kappa shape index (κ1) is 12.2. The maximum Gasteiger partial charge on any atom is 0.142 e. The topological polar surface area (TPSA) is 58.6 Å². The van der Waals surface area contributed by atoms with Crippen LogP contribution in [0.15, 0.2) is 0 Å². The van der Waals surface area contributed by atoms with Gasteiger partial charge in [0.05, 0.1) is 18.8 Å². The van der Waals surface area contributed by atoms with E-state index in [1.807, 2.05) is 13.8 Å². The van der Waals surface area contributed by atoms with Gasteiger partial charge in [0.15, 0.2) is 0 Å². The highest BCUT2D eigenvalue weighted by Crippen LogP contribution is 2.36. The van der Waals surface area contributed by atoms with Crippen LogP contribution in [-0.2, 0) is 9.30 Å². The molecule has 1 aliphatic heterocycles. The van der Waals surface area contributed by atoms with Crippen molar-refractivity contribution in [1.82, 2.24) is 5.09 Å². The SMILES string of the molecule is CC1[C@H](C)O[C@H](CO)[C@@H]1NP(C)(C)=O. The number of hydrogen-bond acceptors (Lipinski definition) is 3. The van der Waals surface area contributed by atoms with Crippen molar-refractivity contribution in [1.29, 1.82) is 0 Å². The molecule has 1 fully saturated rings. The van der Waals surface area contributed by atoms with Gasteiger partial charge >= 0.3 is 0 Å². The standard InChI is InChI=1S/C9H20NO3P/c1-6-7(2)13-8(5-11)9(6)10-14(3,4)12/h6-9,11H,5H2,1-4H3,(H,10,12)/t6?,7-,8+,9+/m0/s1. The van der Waals surface area contributed by atoms with E-state index in [4.69, 9.17) is 9.84 Å². The van der Waals surface area contributed by atoms with Crippen LogP contribution in [0, 0.1) is 5.92 Å². The van der Waals surface area contributed by atoms with Crippen molar-refractivity contribution < 1.29 is 14.4 Å². The number of rotatable bonds is 3. The van der Waals surface area contributed by atoms with Crippen LogP contribution in [0.2, 0.25) is 0 Å². The summed E-state index contributed by atoms with van der Waals surface area (Å²) in [5, 5.41) is 12.2. The summed E-state index contributed by atoms with van der Waals surface area (Å²) in [6.45, 7) is 7.39. The first-order valence-corrected chi connectivity index (χ1v) is 7.54. The summed E-state index contributed by atoms with van der Waals surface area (Å²) in [5.74, 6) is 0.278. The Kier molecular flexibility index (Phi) is 3.75. The highest BCUT2D eigenvalue weighted by molar-refractivity contribution is 7.60. The van der Waals surface area contributed by atoms with Gasteiger partial charge in [0, 0.05) is 25.3 Å². The normalized spacial score (nSPS) is 38.9. The molecule has 5 heteroatoms. The Morgan fingerprint density at radius 2 is 2.00 bits per heavy atom. The van der Waals surface area contributed by atoms with Crippen molar-refractivity contribution in [3.8, 4) is 0 Å². The van der Waals surface area contributed by atoms with E-state index in [-0.39, 0.29) is 30.8 Å². The third-order valence-corrected chi connectivity index (χ3v) is 3.66. The summed E-state index contributed by atoms with van der Waals surface area (Å²) in [5.41, 5.74) is 0. The van der Waals surface area contributed by atoms with Crippen LogP contribution in [-0.4, -0.2) is 43.3 Å². The van der Waals surface area contributed by atoms with E-state index < -0.39 is 7.29 Å². The summed E-state index contributed by atoms with van der Waals surface area (Å²) < 4.78 is 17.2. The van der Waals surface area contributed by atoms with Gasteiger partial charge in [-0.1, -0.05) is 6.92 Å². The number of ether oxygens (including phenoxy) is 1. The average Bonchev–Trinajstić information content (AvgIpc) is 2.30. The van der Waals surface area contributed by atoms with Gasteiger partial charge in [0.2, 0.25) is 0 Å². The minimum Gasteiger partial charge on any atom is -0.394 e. The summed E-state index contributed by atoms with van der Waals surface area (Å²) in [6.07, 6.45) is -0.121. The summed E-state index contributed by atoms with van der Waals surface area (Å²) in [7, 11) is -2.27. The van der Waals surface area contributed by atoms with Crippen molar-refractivity contribution >= 4 is 7.29 Å². The molecule has 0 spiro atoms. The van der Waals surface area contributed by atoms with Crippen molar-refractivity contribution in [3.05, 3.63) is 0 Å². The number of nitrogens with one attached hydrogen (secondary N) is 1.